The Balaban J connectivity index is 1.89. The van der Waals surface area contributed by atoms with Crippen molar-refractivity contribution < 1.29 is 9.90 Å². The number of hydrogen-bond acceptors (Lipinski definition) is 2. The third kappa shape index (κ3) is 4.32. The minimum Gasteiger partial charge on any atom is -0.383 e. The molecule has 0 saturated heterocycles. The number of nitrogens with one attached hydrogen (secondary N) is 1. The molecule has 20 heavy (non-hydrogen) atoms. The molecule has 2 rings (SSSR count). The number of aliphatic hydroxyl groups is 1. The van der Waals surface area contributed by atoms with E-state index in [2.05, 4.69) is 21.2 Å². The van der Waals surface area contributed by atoms with Crippen LogP contribution in [0.25, 0.3) is 0 Å². The molecule has 3 nitrogen and oxygen atoms in total. The lowest BCUT2D eigenvalue weighted by atomic mass is 9.91. The molecule has 1 aromatic carbocycles. The van der Waals surface area contributed by atoms with Crippen LogP contribution < -0.4 is 5.32 Å². The normalized spacial score (nSPS) is 17.6. The molecular weight excluding hydrogens is 318 g/mol. The fourth-order valence-corrected chi connectivity index (χ4v) is 2.53. The summed E-state index contributed by atoms with van der Waals surface area (Å²) in [6.45, 7) is 2.20. The zero-order chi connectivity index (χ0) is 14.6. The van der Waals surface area contributed by atoms with Gasteiger partial charge in [0, 0.05) is 10.9 Å². The van der Waals surface area contributed by atoms with Gasteiger partial charge in [0.25, 0.3) is 0 Å². The van der Waals surface area contributed by atoms with Crippen molar-refractivity contribution in [2.75, 3.05) is 6.54 Å². The van der Waals surface area contributed by atoms with Crippen LogP contribution in [-0.4, -0.2) is 17.6 Å². The van der Waals surface area contributed by atoms with Gasteiger partial charge in [0.05, 0.1) is 6.54 Å². The Labute approximate surface area is 128 Å². The molecule has 1 aromatic rings. The Bertz CT molecular complexity index is 456. The number of benzene rings is 1. The third-order valence-electron chi connectivity index (χ3n) is 4.02. The maximum atomic E-state index is 11.8. The molecular formula is C16H22BrNO2. The molecule has 1 fully saturated rings. The van der Waals surface area contributed by atoms with Gasteiger partial charge in [-0.3, -0.25) is 4.79 Å². The fourth-order valence-electron chi connectivity index (χ4n) is 2.27. The van der Waals surface area contributed by atoms with Gasteiger partial charge in [-0.2, -0.15) is 0 Å². The fraction of sp³-hybridized carbons (Fsp3) is 0.562. The highest BCUT2D eigenvalue weighted by molar-refractivity contribution is 9.10. The van der Waals surface area contributed by atoms with Gasteiger partial charge in [0.15, 0.2) is 0 Å². The molecule has 1 aliphatic carbocycles. The smallest absolute Gasteiger partial charge is 0.220 e. The van der Waals surface area contributed by atoms with Crippen LogP contribution in [-0.2, 0) is 10.4 Å². The zero-order valence-electron chi connectivity index (χ0n) is 11.9. The second kappa shape index (κ2) is 6.72. The molecule has 0 radical (unpaired) electrons. The van der Waals surface area contributed by atoms with Crippen LogP contribution in [0.4, 0.5) is 0 Å². The lowest BCUT2D eigenvalue weighted by molar-refractivity contribution is -0.122. The summed E-state index contributed by atoms with van der Waals surface area (Å²) in [7, 11) is 0. The lowest BCUT2D eigenvalue weighted by Gasteiger charge is -2.27. The Hall–Kier alpha value is -0.870. The number of halogens is 1. The molecule has 1 unspecified atom stereocenters. The van der Waals surface area contributed by atoms with Crippen molar-refractivity contribution in [3.05, 3.63) is 34.3 Å². The van der Waals surface area contributed by atoms with E-state index in [1.807, 2.05) is 31.2 Å². The Morgan fingerprint density at radius 1 is 1.40 bits per heavy atom. The monoisotopic (exact) mass is 339 g/mol. The van der Waals surface area contributed by atoms with Gasteiger partial charge in [0.2, 0.25) is 5.91 Å². The van der Waals surface area contributed by atoms with Crippen LogP contribution in [0.1, 0.15) is 44.6 Å². The largest absolute Gasteiger partial charge is 0.383 e. The predicted molar refractivity (Wildman–Crippen MR) is 83.3 cm³/mol. The Morgan fingerprint density at radius 3 is 2.60 bits per heavy atom. The number of carbonyl (C=O) groups is 1. The number of rotatable bonds is 7. The van der Waals surface area contributed by atoms with Crippen molar-refractivity contribution in [2.24, 2.45) is 5.92 Å². The second-order valence-electron chi connectivity index (χ2n) is 5.65. The molecule has 0 aromatic heterocycles. The summed E-state index contributed by atoms with van der Waals surface area (Å²) in [5.74, 6) is 0.804. The van der Waals surface area contributed by atoms with E-state index < -0.39 is 5.60 Å². The van der Waals surface area contributed by atoms with Gasteiger partial charge in [-0.25, -0.2) is 0 Å². The van der Waals surface area contributed by atoms with Crippen molar-refractivity contribution in [3.63, 3.8) is 0 Å². The summed E-state index contributed by atoms with van der Waals surface area (Å²) in [5, 5.41) is 13.6. The van der Waals surface area contributed by atoms with Gasteiger partial charge in [-0.05, 0) is 36.5 Å². The third-order valence-corrected chi connectivity index (χ3v) is 4.55. The molecule has 110 valence electrons. The summed E-state index contributed by atoms with van der Waals surface area (Å²) in [4.78, 5) is 11.8. The Morgan fingerprint density at radius 2 is 2.05 bits per heavy atom. The Kier molecular flexibility index (Phi) is 5.22. The minimum atomic E-state index is -0.990. The standard InChI is InChI=1S/C16H22BrNO2/c1-2-16(20,13-6-8-14(17)9-7-13)11-18-15(19)10-5-12-3-4-12/h6-9,12,20H,2-5,10-11H2,1H3,(H,18,19). The first kappa shape index (κ1) is 15.5. The van der Waals surface area contributed by atoms with E-state index in [1.54, 1.807) is 0 Å². The van der Waals surface area contributed by atoms with E-state index in [4.69, 9.17) is 0 Å². The molecule has 0 heterocycles. The van der Waals surface area contributed by atoms with Gasteiger partial charge in [0.1, 0.15) is 5.60 Å². The van der Waals surface area contributed by atoms with E-state index >= 15 is 0 Å². The molecule has 0 aliphatic heterocycles. The number of hydrogen-bond donors (Lipinski definition) is 2. The molecule has 1 saturated carbocycles. The zero-order valence-corrected chi connectivity index (χ0v) is 13.4. The molecule has 0 spiro atoms. The van der Waals surface area contributed by atoms with E-state index in [0.29, 0.717) is 12.8 Å². The van der Waals surface area contributed by atoms with Gasteiger partial charge >= 0.3 is 0 Å². The quantitative estimate of drug-likeness (QED) is 0.800. The van der Waals surface area contributed by atoms with Crippen molar-refractivity contribution in [2.45, 2.75) is 44.6 Å². The van der Waals surface area contributed by atoms with Crippen molar-refractivity contribution >= 4 is 21.8 Å². The number of amides is 1. The summed E-state index contributed by atoms with van der Waals surface area (Å²) in [6.07, 6.45) is 4.66. The maximum Gasteiger partial charge on any atom is 0.220 e. The highest BCUT2D eigenvalue weighted by Crippen LogP contribution is 2.33. The van der Waals surface area contributed by atoms with Gasteiger partial charge in [-0.1, -0.05) is 47.8 Å². The number of carbonyl (C=O) groups excluding carboxylic acids is 1. The summed E-state index contributed by atoms with van der Waals surface area (Å²) in [6, 6.07) is 7.60. The minimum absolute atomic E-state index is 0.0425. The highest BCUT2D eigenvalue weighted by atomic mass is 79.9. The van der Waals surface area contributed by atoms with Crippen molar-refractivity contribution in [3.8, 4) is 0 Å². The van der Waals surface area contributed by atoms with Crippen molar-refractivity contribution in [1.29, 1.82) is 0 Å². The molecule has 1 aliphatic rings. The first-order valence-corrected chi connectivity index (χ1v) is 8.08. The molecule has 2 N–H and O–H groups in total. The van der Waals surface area contributed by atoms with Gasteiger partial charge < -0.3 is 10.4 Å². The average molecular weight is 340 g/mol. The first-order valence-electron chi connectivity index (χ1n) is 7.28. The predicted octanol–water partition coefficient (Wildman–Crippen LogP) is 3.35. The molecule has 1 amide bonds. The van der Waals surface area contributed by atoms with Gasteiger partial charge in [-0.15, -0.1) is 0 Å². The van der Waals surface area contributed by atoms with Crippen molar-refractivity contribution in [1.82, 2.24) is 5.32 Å². The van der Waals surface area contributed by atoms with Crippen LogP contribution in [0.3, 0.4) is 0 Å². The summed E-state index contributed by atoms with van der Waals surface area (Å²) < 4.78 is 0.980. The average Bonchev–Trinajstić information content (AvgIpc) is 3.27. The van der Waals surface area contributed by atoms with Crippen LogP contribution in [0, 0.1) is 5.92 Å². The van der Waals surface area contributed by atoms with Crippen LogP contribution in [0.2, 0.25) is 0 Å². The van der Waals surface area contributed by atoms with E-state index in [-0.39, 0.29) is 12.5 Å². The van der Waals surface area contributed by atoms with Crippen LogP contribution in [0.15, 0.2) is 28.7 Å². The molecule has 1 atom stereocenters. The van der Waals surface area contributed by atoms with Crippen LogP contribution in [0.5, 0.6) is 0 Å². The van der Waals surface area contributed by atoms with E-state index in [0.717, 1.165) is 22.4 Å². The molecule has 4 heteroatoms. The topological polar surface area (TPSA) is 49.3 Å². The first-order chi connectivity index (χ1) is 9.53. The van der Waals surface area contributed by atoms with Crippen LogP contribution >= 0.6 is 15.9 Å². The lowest BCUT2D eigenvalue weighted by Crippen LogP contribution is -2.40. The highest BCUT2D eigenvalue weighted by Gasteiger charge is 2.28. The maximum absolute atomic E-state index is 11.8. The summed E-state index contributed by atoms with van der Waals surface area (Å²) in [5.41, 5.74) is -0.152. The second-order valence-corrected chi connectivity index (χ2v) is 6.57. The SMILES string of the molecule is CCC(O)(CNC(=O)CCC1CC1)c1ccc(Br)cc1. The summed E-state index contributed by atoms with van der Waals surface area (Å²) >= 11 is 3.38. The van der Waals surface area contributed by atoms with E-state index in [1.165, 1.54) is 12.8 Å². The van der Waals surface area contributed by atoms with E-state index in [9.17, 15) is 9.90 Å². The molecule has 0 bridgehead atoms.